The van der Waals surface area contributed by atoms with Crippen LogP contribution in [0, 0.1) is 33.8 Å². The van der Waals surface area contributed by atoms with Gasteiger partial charge in [-0.05, 0) is 30.4 Å². The van der Waals surface area contributed by atoms with Crippen molar-refractivity contribution in [1.29, 1.82) is 0 Å². The number of carbonyl (C=O) groups is 4. The molecule has 0 N–H and O–H groups in total. The molecule has 2 bridgehead atoms. The zero-order chi connectivity index (χ0) is 24.0. The first kappa shape index (κ1) is 22.1. The number of imide groups is 1. The van der Waals surface area contributed by atoms with E-state index in [-0.39, 0.29) is 47.1 Å². The number of nitro benzene ring substituents is 1. The van der Waals surface area contributed by atoms with Crippen LogP contribution in [0.4, 0.5) is 11.4 Å². The van der Waals surface area contributed by atoms with Gasteiger partial charge in [-0.15, -0.1) is 0 Å². The molecule has 4 aliphatic rings. The van der Waals surface area contributed by atoms with Crippen LogP contribution < -0.4 is 4.90 Å². The molecule has 11 heteroatoms. The maximum absolute atomic E-state index is 12.7. The van der Waals surface area contributed by atoms with E-state index in [0.29, 0.717) is 26.2 Å². The Bertz CT molecular complexity index is 1050. The molecule has 0 aromatic heterocycles. The number of nitro groups is 1. The minimum Gasteiger partial charge on any atom is -0.454 e. The van der Waals surface area contributed by atoms with Gasteiger partial charge in [0.2, 0.25) is 11.8 Å². The summed E-state index contributed by atoms with van der Waals surface area (Å²) >= 11 is 0. The molecule has 3 amide bonds. The highest BCUT2D eigenvalue weighted by Crippen LogP contribution is 2.52. The van der Waals surface area contributed by atoms with Crippen molar-refractivity contribution < 1.29 is 28.8 Å². The van der Waals surface area contributed by atoms with E-state index in [9.17, 15) is 29.3 Å². The van der Waals surface area contributed by atoms with Gasteiger partial charge in [-0.2, -0.15) is 0 Å². The van der Waals surface area contributed by atoms with Gasteiger partial charge in [0.05, 0.1) is 16.8 Å². The normalized spacial score (nSPS) is 27.4. The van der Waals surface area contributed by atoms with E-state index in [1.807, 2.05) is 17.1 Å². The molecule has 11 nitrogen and oxygen atoms in total. The lowest BCUT2D eigenvalue weighted by molar-refractivity contribution is -0.384. The Kier molecular flexibility index (Phi) is 5.54. The topological polar surface area (TPSA) is 130 Å². The third-order valence-electron chi connectivity index (χ3n) is 7.26. The highest BCUT2D eigenvalue weighted by atomic mass is 16.6. The fraction of sp³-hybridized carbons (Fsp3) is 0.478. The van der Waals surface area contributed by atoms with Crippen LogP contribution in [0.1, 0.15) is 6.42 Å². The number of ether oxygens (including phenoxy) is 1. The molecule has 0 spiro atoms. The number of hydrogen-bond donors (Lipinski definition) is 0. The minimum absolute atomic E-state index is 0.0175. The molecule has 1 aromatic rings. The molecule has 1 aromatic carbocycles. The predicted molar refractivity (Wildman–Crippen MR) is 117 cm³/mol. The van der Waals surface area contributed by atoms with Crippen LogP contribution >= 0.6 is 0 Å². The van der Waals surface area contributed by atoms with Crippen molar-refractivity contribution in [3.8, 4) is 0 Å². The fourth-order valence-electron chi connectivity index (χ4n) is 5.53. The molecule has 2 aliphatic heterocycles. The average molecular weight is 468 g/mol. The first-order chi connectivity index (χ1) is 16.3. The van der Waals surface area contributed by atoms with E-state index in [0.717, 1.165) is 17.0 Å². The maximum atomic E-state index is 12.7. The van der Waals surface area contributed by atoms with E-state index in [4.69, 9.17) is 4.74 Å². The average Bonchev–Trinajstić information content (AvgIpc) is 3.53. The van der Waals surface area contributed by atoms with Crippen LogP contribution in [-0.4, -0.2) is 77.7 Å². The van der Waals surface area contributed by atoms with Gasteiger partial charge in [-0.3, -0.25) is 34.2 Å². The zero-order valence-corrected chi connectivity index (χ0v) is 18.4. The summed E-state index contributed by atoms with van der Waals surface area (Å²) in [5.74, 6) is -2.38. The maximum Gasteiger partial charge on any atom is 0.326 e. The lowest BCUT2D eigenvalue weighted by Gasteiger charge is -2.36. The van der Waals surface area contributed by atoms with E-state index >= 15 is 0 Å². The Hall–Kier alpha value is -3.76. The van der Waals surface area contributed by atoms with E-state index < -0.39 is 24.0 Å². The second kappa shape index (κ2) is 8.54. The largest absolute Gasteiger partial charge is 0.454 e. The number of benzene rings is 1. The lowest BCUT2D eigenvalue weighted by atomic mass is 9.85. The van der Waals surface area contributed by atoms with Crippen LogP contribution in [0.3, 0.4) is 0 Å². The second-order valence-electron chi connectivity index (χ2n) is 9.06. The van der Waals surface area contributed by atoms with Gasteiger partial charge in [0.15, 0.2) is 6.61 Å². The van der Waals surface area contributed by atoms with Crippen molar-refractivity contribution >= 4 is 35.1 Å². The summed E-state index contributed by atoms with van der Waals surface area (Å²) in [6, 6.07) is 6.23. The van der Waals surface area contributed by atoms with Crippen molar-refractivity contribution in [3.63, 3.8) is 0 Å². The molecule has 1 saturated carbocycles. The highest BCUT2D eigenvalue weighted by Gasteiger charge is 2.59. The van der Waals surface area contributed by atoms with Crippen molar-refractivity contribution in [2.75, 3.05) is 44.2 Å². The second-order valence-corrected chi connectivity index (χ2v) is 9.06. The van der Waals surface area contributed by atoms with Crippen LogP contribution in [0.15, 0.2) is 36.4 Å². The smallest absolute Gasteiger partial charge is 0.326 e. The Morgan fingerprint density at radius 1 is 0.971 bits per heavy atom. The van der Waals surface area contributed by atoms with Gasteiger partial charge >= 0.3 is 5.97 Å². The first-order valence-corrected chi connectivity index (χ1v) is 11.3. The first-order valence-electron chi connectivity index (χ1n) is 11.3. The molecule has 34 heavy (non-hydrogen) atoms. The quantitative estimate of drug-likeness (QED) is 0.195. The lowest BCUT2D eigenvalue weighted by Crippen LogP contribution is -2.50. The van der Waals surface area contributed by atoms with Gasteiger partial charge in [0.25, 0.3) is 11.6 Å². The molecule has 4 atom stereocenters. The van der Waals surface area contributed by atoms with Crippen molar-refractivity contribution in [2.24, 2.45) is 23.7 Å². The number of carbonyl (C=O) groups excluding carboxylic acids is 4. The van der Waals surface area contributed by atoms with Crippen molar-refractivity contribution in [2.45, 2.75) is 6.42 Å². The number of anilines is 1. The van der Waals surface area contributed by atoms with E-state index in [1.54, 1.807) is 17.0 Å². The number of rotatable bonds is 6. The third kappa shape index (κ3) is 3.80. The van der Waals surface area contributed by atoms with Crippen molar-refractivity contribution in [3.05, 3.63) is 46.5 Å². The van der Waals surface area contributed by atoms with Crippen LogP contribution in [-0.2, 0) is 23.9 Å². The summed E-state index contributed by atoms with van der Waals surface area (Å²) < 4.78 is 5.08. The Labute approximate surface area is 195 Å². The molecular formula is C23H24N4O7. The zero-order valence-electron chi connectivity index (χ0n) is 18.4. The number of likely N-dealkylation sites (tertiary alicyclic amines) is 1. The summed E-state index contributed by atoms with van der Waals surface area (Å²) in [6.45, 7) is 0.976. The summed E-state index contributed by atoms with van der Waals surface area (Å²) in [5, 5.41) is 10.8. The molecule has 2 aliphatic carbocycles. The number of hydrogen-bond acceptors (Lipinski definition) is 8. The molecule has 0 radical (unpaired) electrons. The fourth-order valence-corrected chi connectivity index (χ4v) is 5.53. The number of esters is 1. The number of amides is 3. The van der Waals surface area contributed by atoms with Crippen LogP contribution in [0.2, 0.25) is 0 Å². The standard InChI is InChI=1S/C23H24N4O7/c28-18(25-9-7-24(8-10-25)16-3-5-17(6-4-16)27(32)33)13-34-19(29)12-26-22(30)20-14-1-2-15(11-14)21(20)23(26)31/h1-6,14-15,20-21H,7-13H2. The Morgan fingerprint density at radius 3 is 2.12 bits per heavy atom. The SMILES string of the molecule is O=C(CN1C(=O)C2C3C=CC(C3)C2C1=O)OCC(=O)N1CCN(c2ccc([N+](=O)[O-])cc2)CC1. The Morgan fingerprint density at radius 2 is 1.56 bits per heavy atom. The van der Waals surface area contributed by atoms with Gasteiger partial charge in [-0.1, -0.05) is 12.2 Å². The Balaban J connectivity index is 1.07. The van der Waals surface area contributed by atoms with Crippen LogP contribution in [0.5, 0.6) is 0 Å². The third-order valence-corrected chi connectivity index (χ3v) is 7.26. The molecule has 2 saturated heterocycles. The van der Waals surface area contributed by atoms with Gasteiger partial charge < -0.3 is 14.5 Å². The monoisotopic (exact) mass is 468 g/mol. The predicted octanol–water partition coefficient (Wildman–Crippen LogP) is 0.594. The molecule has 2 heterocycles. The van der Waals surface area contributed by atoms with Crippen LogP contribution in [0.25, 0.3) is 0 Å². The summed E-state index contributed by atoms with van der Waals surface area (Å²) in [7, 11) is 0. The summed E-state index contributed by atoms with van der Waals surface area (Å²) in [5.41, 5.74) is 0.849. The van der Waals surface area contributed by atoms with Gasteiger partial charge in [0, 0.05) is 44.0 Å². The van der Waals surface area contributed by atoms with E-state index in [1.165, 1.54) is 12.1 Å². The molecule has 3 fully saturated rings. The molecular weight excluding hydrogens is 444 g/mol. The summed E-state index contributed by atoms with van der Waals surface area (Å²) in [4.78, 5) is 65.0. The number of allylic oxidation sites excluding steroid dienone is 2. The molecule has 178 valence electrons. The number of nitrogens with zero attached hydrogens (tertiary/aromatic N) is 4. The minimum atomic E-state index is -0.778. The van der Waals surface area contributed by atoms with E-state index in [2.05, 4.69) is 0 Å². The molecule has 4 unspecified atom stereocenters. The van der Waals surface area contributed by atoms with Gasteiger partial charge in [-0.25, -0.2) is 0 Å². The summed E-state index contributed by atoms with van der Waals surface area (Å²) in [6.07, 6.45) is 4.79. The highest BCUT2D eigenvalue weighted by molar-refractivity contribution is 6.08. The number of fused-ring (bicyclic) bond motifs is 5. The van der Waals surface area contributed by atoms with Crippen molar-refractivity contribution in [1.82, 2.24) is 9.80 Å². The van der Waals surface area contributed by atoms with Gasteiger partial charge in [0.1, 0.15) is 6.54 Å². The number of piperazine rings is 1. The molecule has 5 rings (SSSR count). The number of non-ortho nitro benzene ring substituents is 1.